The number of carbonyl (C=O) groups is 1. The van der Waals surface area contributed by atoms with Crippen molar-refractivity contribution in [3.63, 3.8) is 0 Å². The van der Waals surface area contributed by atoms with Crippen molar-refractivity contribution in [1.82, 2.24) is 20.2 Å². The number of amides is 1. The summed E-state index contributed by atoms with van der Waals surface area (Å²) in [4.78, 5) is 21.7. The summed E-state index contributed by atoms with van der Waals surface area (Å²) >= 11 is 1.43. The van der Waals surface area contributed by atoms with Crippen molar-refractivity contribution in [2.24, 2.45) is 0 Å². The smallest absolute Gasteiger partial charge is 0.230 e. The number of nitrogens with zero attached hydrogens (tertiary/aromatic N) is 2. The van der Waals surface area contributed by atoms with E-state index >= 15 is 0 Å². The van der Waals surface area contributed by atoms with Gasteiger partial charge in [-0.1, -0.05) is 37.7 Å². The molecular formula is C15H22N4OS. The first-order chi connectivity index (χ1) is 10.2. The predicted octanol–water partition coefficient (Wildman–Crippen LogP) is 2.11. The van der Waals surface area contributed by atoms with Gasteiger partial charge in [0.2, 0.25) is 5.91 Å². The van der Waals surface area contributed by atoms with Crippen LogP contribution in [-0.4, -0.2) is 52.7 Å². The second kappa shape index (κ2) is 8.05. The number of aromatic amines is 1. The van der Waals surface area contributed by atoms with Crippen molar-refractivity contribution >= 4 is 28.7 Å². The van der Waals surface area contributed by atoms with Crippen molar-refractivity contribution in [3.8, 4) is 0 Å². The first-order valence-electron chi connectivity index (χ1n) is 7.29. The van der Waals surface area contributed by atoms with Gasteiger partial charge in [-0.25, -0.2) is 4.98 Å². The Bertz CT molecular complexity index is 547. The zero-order valence-corrected chi connectivity index (χ0v) is 13.4. The van der Waals surface area contributed by atoms with Gasteiger partial charge in [-0.2, -0.15) is 0 Å². The van der Waals surface area contributed by atoms with E-state index in [-0.39, 0.29) is 5.91 Å². The third-order valence-corrected chi connectivity index (χ3v) is 4.23. The van der Waals surface area contributed by atoms with Crippen LogP contribution in [0.3, 0.4) is 0 Å². The van der Waals surface area contributed by atoms with E-state index in [1.54, 1.807) is 0 Å². The van der Waals surface area contributed by atoms with Crippen LogP contribution in [0.15, 0.2) is 29.4 Å². The average Bonchev–Trinajstić information content (AvgIpc) is 2.92. The van der Waals surface area contributed by atoms with E-state index in [1.165, 1.54) is 11.8 Å². The molecule has 0 saturated heterocycles. The number of nitrogens with one attached hydrogen (secondary N) is 2. The first-order valence-corrected chi connectivity index (χ1v) is 8.28. The summed E-state index contributed by atoms with van der Waals surface area (Å²) in [6.07, 6.45) is 0. The highest BCUT2D eigenvalue weighted by Gasteiger charge is 2.07. The molecule has 1 aromatic carbocycles. The number of fused-ring (bicyclic) bond motifs is 1. The van der Waals surface area contributed by atoms with Gasteiger partial charge in [0, 0.05) is 13.1 Å². The number of thioether (sulfide) groups is 1. The van der Waals surface area contributed by atoms with Gasteiger partial charge >= 0.3 is 0 Å². The Morgan fingerprint density at radius 1 is 1.33 bits per heavy atom. The van der Waals surface area contributed by atoms with Gasteiger partial charge < -0.3 is 15.2 Å². The van der Waals surface area contributed by atoms with Gasteiger partial charge in [0.15, 0.2) is 5.16 Å². The molecule has 114 valence electrons. The number of H-pyrrole nitrogens is 1. The number of hydrogen-bond donors (Lipinski definition) is 2. The molecule has 6 heteroatoms. The predicted molar refractivity (Wildman–Crippen MR) is 87.6 cm³/mol. The molecule has 1 aromatic heterocycles. The molecule has 0 bridgehead atoms. The summed E-state index contributed by atoms with van der Waals surface area (Å²) in [6, 6.07) is 7.86. The highest BCUT2D eigenvalue weighted by Crippen LogP contribution is 2.18. The number of imidazole rings is 1. The summed E-state index contributed by atoms with van der Waals surface area (Å²) in [5, 5.41) is 3.73. The average molecular weight is 306 g/mol. The van der Waals surface area contributed by atoms with E-state index < -0.39 is 0 Å². The molecule has 0 spiro atoms. The molecule has 0 aliphatic carbocycles. The van der Waals surface area contributed by atoms with Crippen LogP contribution in [0, 0.1) is 0 Å². The van der Waals surface area contributed by atoms with Crippen LogP contribution in [0.4, 0.5) is 0 Å². The van der Waals surface area contributed by atoms with Crippen molar-refractivity contribution in [3.05, 3.63) is 24.3 Å². The second-order valence-electron chi connectivity index (χ2n) is 4.72. The minimum Gasteiger partial charge on any atom is -0.354 e. The zero-order chi connectivity index (χ0) is 15.1. The molecule has 0 aliphatic heterocycles. The van der Waals surface area contributed by atoms with E-state index in [2.05, 4.69) is 34.0 Å². The molecule has 5 nitrogen and oxygen atoms in total. The summed E-state index contributed by atoms with van der Waals surface area (Å²) in [7, 11) is 0. The molecule has 2 N–H and O–H groups in total. The molecule has 0 unspecified atom stereocenters. The van der Waals surface area contributed by atoms with E-state index in [9.17, 15) is 4.79 Å². The lowest BCUT2D eigenvalue weighted by Crippen LogP contribution is -2.35. The molecule has 0 fully saturated rings. The van der Waals surface area contributed by atoms with Crippen molar-refractivity contribution < 1.29 is 4.79 Å². The monoisotopic (exact) mass is 306 g/mol. The van der Waals surface area contributed by atoms with Crippen molar-refractivity contribution in [2.75, 3.05) is 31.9 Å². The third-order valence-electron chi connectivity index (χ3n) is 3.35. The van der Waals surface area contributed by atoms with Crippen LogP contribution in [0.1, 0.15) is 13.8 Å². The van der Waals surface area contributed by atoms with E-state index in [1.807, 2.05) is 24.3 Å². The van der Waals surface area contributed by atoms with Crippen LogP contribution in [-0.2, 0) is 4.79 Å². The maximum absolute atomic E-state index is 11.8. The Morgan fingerprint density at radius 2 is 2.10 bits per heavy atom. The first kappa shape index (κ1) is 15.9. The maximum atomic E-state index is 11.8. The number of para-hydroxylation sites is 2. The van der Waals surface area contributed by atoms with Crippen LogP contribution >= 0.6 is 11.8 Å². The highest BCUT2D eigenvalue weighted by atomic mass is 32.2. The Morgan fingerprint density at radius 3 is 2.81 bits per heavy atom. The molecule has 0 aliphatic rings. The summed E-state index contributed by atoms with van der Waals surface area (Å²) in [6.45, 7) is 7.88. The van der Waals surface area contributed by atoms with Gasteiger partial charge in [0.25, 0.3) is 0 Å². The lowest BCUT2D eigenvalue weighted by molar-refractivity contribution is -0.118. The Kier molecular flexibility index (Phi) is 6.07. The minimum absolute atomic E-state index is 0.0487. The summed E-state index contributed by atoms with van der Waals surface area (Å²) in [5.41, 5.74) is 1.93. The fourth-order valence-electron chi connectivity index (χ4n) is 2.08. The summed E-state index contributed by atoms with van der Waals surface area (Å²) in [5.74, 6) is 0.436. The number of likely N-dealkylation sites (N-methyl/N-ethyl adjacent to an activating group) is 1. The molecule has 21 heavy (non-hydrogen) atoms. The molecule has 0 radical (unpaired) electrons. The van der Waals surface area contributed by atoms with Crippen molar-refractivity contribution in [2.45, 2.75) is 19.0 Å². The zero-order valence-electron chi connectivity index (χ0n) is 12.6. The third kappa shape index (κ3) is 4.75. The molecular weight excluding hydrogens is 284 g/mol. The number of aromatic nitrogens is 2. The lowest BCUT2D eigenvalue weighted by Gasteiger charge is -2.17. The molecule has 2 rings (SSSR count). The Labute approximate surface area is 129 Å². The van der Waals surface area contributed by atoms with E-state index in [0.29, 0.717) is 12.3 Å². The van der Waals surface area contributed by atoms with E-state index in [4.69, 9.17) is 0 Å². The van der Waals surface area contributed by atoms with E-state index in [0.717, 1.165) is 35.8 Å². The quantitative estimate of drug-likeness (QED) is 0.733. The molecule has 1 amide bonds. The fraction of sp³-hybridized carbons (Fsp3) is 0.467. The molecule has 0 saturated carbocycles. The molecule has 1 heterocycles. The molecule has 0 atom stereocenters. The Hall–Kier alpha value is -1.53. The van der Waals surface area contributed by atoms with Gasteiger partial charge in [-0.05, 0) is 25.2 Å². The minimum atomic E-state index is 0.0487. The van der Waals surface area contributed by atoms with Crippen molar-refractivity contribution in [1.29, 1.82) is 0 Å². The van der Waals surface area contributed by atoms with Crippen LogP contribution in [0.5, 0.6) is 0 Å². The second-order valence-corrected chi connectivity index (χ2v) is 5.69. The standard InChI is InChI=1S/C15H22N4OS/c1-3-19(4-2)10-9-16-14(20)11-21-15-17-12-7-5-6-8-13(12)18-15/h5-8H,3-4,9-11H2,1-2H3,(H,16,20)(H,17,18). The SMILES string of the molecule is CCN(CC)CCNC(=O)CSc1nc2ccccc2[nH]1. The van der Waals surface area contributed by atoms with Crippen LogP contribution in [0.2, 0.25) is 0 Å². The number of benzene rings is 1. The van der Waals surface area contributed by atoms with Gasteiger partial charge in [-0.15, -0.1) is 0 Å². The van der Waals surface area contributed by atoms with Gasteiger partial charge in [-0.3, -0.25) is 4.79 Å². The largest absolute Gasteiger partial charge is 0.354 e. The number of hydrogen-bond acceptors (Lipinski definition) is 4. The normalized spacial score (nSPS) is 11.2. The fourth-order valence-corrected chi connectivity index (χ4v) is 2.79. The number of carbonyl (C=O) groups excluding carboxylic acids is 1. The van der Waals surface area contributed by atoms with Crippen LogP contribution in [0.25, 0.3) is 11.0 Å². The maximum Gasteiger partial charge on any atom is 0.230 e. The topological polar surface area (TPSA) is 61.0 Å². The van der Waals surface area contributed by atoms with Gasteiger partial charge in [0.05, 0.1) is 16.8 Å². The summed E-state index contributed by atoms with van der Waals surface area (Å²) < 4.78 is 0. The highest BCUT2D eigenvalue weighted by molar-refractivity contribution is 7.99. The molecule has 2 aromatic rings. The van der Waals surface area contributed by atoms with Crippen LogP contribution < -0.4 is 5.32 Å². The Balaban J connectivity index is 1.73. The lowest BCUT2D eigenvalue weighted by atomic mass is 10.3. The number of rotatable bonds is 8. The van der Waals surface area contributed by atoms with Gasteiger partial charge in [0.1, 0.15) is 0 Å².